The van der Waals surface area contributed by atoms with Crippen molar-refractivity contribution in [2.45, 2.75) is 193 Å². The number of hydrogen-bond donors (Lipinski definition) is 1. The van der Waals surface area contributed by atoms with Crippen molar-refractivity contribution in [3.05, 3.63) is 0 Å². The van der Waals surface area contributed by atoms with E-state index in [9.17, 15) is 5.11 Å². The van der Waals surface area contributed by atoms with Crippen molar-refractivity contribution in [2.75, 3.05) is 146 Å². The maximum absolute atomic E-state index is 11.1. The maximum Gasteiger partial charge on any atom is 0.187 e. The Morgan fingerprint density at radius 1 is 0.244 bits per heavy atom. The molecule has 0 bridgehead atoms. The summed E-state index contributed by atoms with van der Waals surface area (Å²) in [5, 5.41) is 11.1. The minimum absolute atomic E-state index is 0.0118. The van der Waals surface area contributed by atoms with Crippen LogP contribution in [0.4, 0.5) is 0 Å². The van der Waals surface area contributed by atoms with Crippen LogP contribution in [0.3, 0.4) is 0 Å². The number of rotatable bonds is 31. The zero-order chi connectivity index (χ0) is 59.9. The Bertz CT molecular complexity index is 1770. The molecule has 0 aromatic rings. The minimum Gasteiger partial charge on any atom is -0.387 e. The molecule has 30 atom stereocenters. The van der Waals surface area contributed by atoms with Crippen LogP contribution in [-0.2, 0) is 123 Å². The first-order chi connectivity index (χ1) is 39.6. The van der Waals surface area contributed by atoms with Crippen LogP contribution in [0, 0.1) is 17.8 Å². The summed E-state index contributed by atoms with van der Waals surface area (Å²) in [4.78, 5) is 0. The smallest absolute Gasteiger partial charge is 0.187 e. The summed E-state index contributed by atoms with van der Waals surface area (Å²) in [6.45, 7) is 8.54. The molecule has 6 aliphatic heterocycles. The van der Waals surface area contributed by atoms with Gasteiger partial charge in [-0.1, -0.05) is 20.8 Å². The fourth-order valence-corrected chi connectivity index (χ4v) is 12.6. The van der Waals surface area contributed by atoms with E-state index in [4.69, 9.17) is 123 Å². The average molecular weight is 1190 g/mol. The molecule has 82 heavy (non-hydrogen) atoms. The monoisotopic (exact) mass is 1190 g/mol. The van der Waals surface area contributed by atoms with E-state index in [0.29, 0.717) is 0 Å². The molecule has 0 spiro atoms. The van der Waals surface area contributed by atoms with Gasteiger partial charge in [0, 0.05) is 124 Å². The number of aliphatic hydroxyl groups is 1. The summed E-state index contributed by atoms with van der Waals surface area (Å²) in [6, 6.07) is 0. The molecule has 0 radical (unpaired) electrons. The van der Waals surface area contributed by atoms with Crippen LogP contribution in [0.1, 0.15) is 27.7 Å². The van der Waals surface area contributed by atoms with Crippen LogP contribution < -0.4 is 0 Å². The van der Waals surface area contributed by atoms with Gasteiger partial charge in [-0.3, -0.25) is 0 Å². The fourth-order valence-electron chi connectivity index (χ4n) is 12.6. The van der Waals surface area contributed by atoms with Crippen molar-refractivity contribution in [3.8, 4) is 0 Å². The van der Waals surface area contributed by atoms with E-state index in [1.54, 1.807) is 78.2 Å². The molecule has 1 N–H and O–H groups in total. The van der Waals surface area contributed by atoms with Crippen LogP contribution in [0.5, 0.6) is 0 Å². The SMILES string of the molecule is COCC1O[C@@H](O[C@@H]2C(COC)O[C@H](O[C@@H]3C(COC)O[C@@H](O[C@@H]4C(COC)O[C@H](O[C@@H]5C(COC)O[C@@H](O[C@@H]6C(COC)O[C@@H](C)C(C)[C@H]6OC)C(OC)[C@H]5OC)C(C)[C@H]4OC)C(OC)[C@H]3OC)C(C)[C@H]2OC)C(OC)[C@@H](OC)[C@@H]1O. The minimum atomic E-state index is -1.10. The number of methoxy groups -OCH3 is 15. The molecule has 0 aromatic heterocycles. The quantitative estimate of drug-likeness (QED) is 0.0997. The molecule has 0 aromatic carbocycles. The van der Waals surface area contributed by atoms with E-state index in [-0.39, 0.29) is 57.8 Å². The molecule has 6 saturated heterocycles. The summed E-state index contributed by atoms with van der Waals surface area (Å²) in [6.07, 6.45) is -21.0. The Morgan fingerprint density at radius 2 is 0.476 bits per heavy atom. The van der Waals surface area contributed by atoms with Crippen molar-refractivity contribution < 1.29 is 128 Å². The third-order valence-electron chi connectivity index (χ3n) is 16.9. The van der Waals surface area contributed by atoms with E-state index in [1.807, 2.05) is 20.8 Å². The van der Waals surface area contributed by atoms with Crippen LogP contribution in [0.2, 0.25) is 0 Å². The van der Waals surface area contributed by atoms with Crippen LogP contribution >= 0.6 is 0 Å². The number of hydrogen-bond acceptors (Lipinski definition) is 27. The van der Waals surface area contributed by atoms with Gasteiger partial charge in [-0.15, -0.1) is 0 Å². The fraction of sp³-hybridized carbons (Fsp3) is 1.00. The topological polar surface area (TPSA) is 260 Å². The second-order valence-corrected chi connectivity index (χ2v) is 21.7. The van der Waals surface area contributed by atoms with Crippen molar-refractivity contribution in [1.82, 2.24) is 0 Å². The zero-order valence-corrected chi connectivity index (χ0v) is 51.6. The first kappa shape index (κ1) is 70.0. The molecule has 27 heteroatoms. The lowest BCUT2D eigenvalue weighted by atomic mass is 9.88. The van der Waals surface area contributed by atoms with Gasteiger partial charge in [-0.05, 0) is 6.92 Å². The first-order valence-corrected chi connectivity index (χ1v) is 28.2. The van der Waals surface area contributed by atoms with E-state index in [2.05, 4.69) is 6.92 Å². The Morgan fingerprint density at radius 3 is 0.780 bits per heavy atom. The summed E-state index contributed by atoms with van der Waals surface area (Å²) in [7, 11) is 23.4. The molecule has 482 valence electrons. The lowest BCUT2D eigenvalue weighted by Gasteiger charge is -2.52. The molecule has 6 rings (SSSR count). The largest absolute Gasteiger partial charge is 0.387 e. The molecule has 12 unspecified atom stereocenters. The van der Waals surface area contributed by atoms with E-state index >= 15 is 0 Å². The van der Waals surface area contributed by atoms with Gasteiger partial charge >= 0.3 is 0 Å². The normalized spacial score (nSPS) is 45.8. The highest BCUT2D eigenvalue weighted by Crippen LogP contribution is 2.42. The van der Waals surface area contributed by atoms with Gasteiger partial charge in [0.05, 0.1) is 64.1 Å². The van der Waals surface area contributed by atoms with Crippen LogP contribution in [-0.4, -0.2) is 317 Å². The van der Waals surface area contributed by atoms with E-state index in [0.717, 1.165) is 0 Å². The van der Waals surface area contributed by atoms with E-state index < -0.39 is 165 Å². The van der Waals surface area contributed by atoms with Crippen molar-refractivity contribution in [1.29, 1.82) is 0 Å². The predicted octanol–water partition coefficient (Wildman–Crippen LogP) is 0.607. The van der Waals surface area contributed by atoms with Gasteiger partial charge in [-0.25, -0.2) is 0 Å². The second-order valence-electron chi connectivity index (χ2n) is 21.7. The number of ether oxygens (including phenoxy) is 26. The lowest BCUT2D eigenvalue weighted by Crippen LogP contribution is -2.67. The molecule has 0 aliphatic carbocycles. The Hall–Kier alpha value is -1.08. The van der Waals surface area contributed by atoms with Gasteiger partial charge < -0.3 is 128 Å². The van der Waals surface area contributed by atoms with Gasteiger partial charge in [0.25, 0.3) is 0 Å². The maximum atomic E-state index is 11.1. The molecule has 0 saturated carbocycles. The second kappa shape index (κ2) is 34.0. The van der Waals surface area contributed by atoms with Gasteiger partial charge in [0.1, 0.15) is 110 Å². The summed E-state index contributed by atoms with van der Waals surface area (Å²) in [5.41, 5.74) is 0. The molecule has 6 heterocycles. The molecular formula is C55H100O27. The van der Waals surface area contributed by atoms with Crippen molar-refractivity contribution in [2.24, 2.45) is 17.8 Å². The van der Waals surface area contributed by atoms with Gasteiger partial charge in [-0.2, -0.15) is 0 Å². The van der Waals surface area contributed by atoms with E-state index in [1.165, 1.54) is 28.4 Å². The highest BCUT2D eigenvalue weighted by Gasteiger charge is 2.59. The molecule has 6 fully saturated rings. The third-order valence-corrected chi connectivity index (χ3v) is 16.9. The van der Waals surface area contributed by atoms with Crippen LogP contribution in [0.15, 0.2) is 0 Å². The predicted molar refractivity (Wildman–Crippen MR) is 284 cm³/mol. The molecule has 0 amide bonds. The number of aliphatic hydroxyl groups excluding tert-OH is 1. The van der Waals surface area contributed by atoms with Crippen molar-refractivity contribution >= 4 is 0 Å². The van der Waals surface area contributed by atoms with Gasteiger partial charge in [0.15, 0.2) is 31.5 Å². The molecule has 6 aliphatic rings. The Labute approximate surface area is 484 Å². The average Bonchev–Trinajstić information content (AvgIpc) is 2.92. The van der Waals surface area contributed by atoms with Crippen molar-refractivity contribution in [3.63, 3.8) is 0 Å². The molecule has 27 nitrogen and oxygen atoms in total. The Balaban J connectivity index is 1.21. The highest BCUT2D eigenvalue weighted by molar-refractivity contribution is 5.01. The molecular weight excluding hydrogens is 1090 g/mol. The Kier molecular flexibility index (Phi) is 29.1. The highest BCUT2D eigenvalue weighted by atomic mass is 16.8. The standard InChI is InChI=1S/C55H100O27/c1-26-29(4)72-31(21-58-6)40(37(26)63-11)80-54-49(70-18)46(67-15)43(34(76-54)24-61-9)78-52-28(3)39(65-13)42(33(75-52)23-60-8)82-55-50(71-19)47(68-16)44(35(77-55)25-62-10)79-51-27(2)38(64-12)41(32(74-51)22-59-7)81-53-48(69-17)45(66-14)36(56)30(73-53)20-57-5/h26-56H,20-25H2,1-19H3/t26?,27?,28?,29-,30?,31?,32?,33?,34?,35?,36+,37+,38+,39+,40+,41+,42+,43+,44+,45-,46-,47-,48?,49?,50?,51+,52+,53-,54-,55-/m0/s1. The van der Waals surface area contributed by atoms with Gasteiger partial charge in [0.2, 0.25) is 0 Å². The summed E-state index contributed by atoms with van der Waals surface area (Å²) >= 11 is 0. The lowest BCUT2D eigenvalue weighted by molar-refractivity contribution is -0.394. The summed E-state index contributed by atoms with van der Waals surface area (Å²) in [5.74, 6) is -0.997. The van der Waals surface area contributed by atoms with Crippen LogP contribution in [0.25, 0.3) is 0 Å². The summed E-state index contributed by atoms with van der Waals surface area (Å²) < 4.78 is 163. The first-order valence-electron chi connectivity index (χ1n) is 28.2. The zero-order valence-electron chi connectivity index (χ0n) is 51.6. The third kappa shape index (κ3) is 15.7.